The summed E-state index contributed by atoms with van der Waals surface area (Å²) in [5.41, 5.74) is 5.06. The molecule has 0 unspecified atom stereocenters. The van der Waals surface area contributed by atoms with E-state index in [9.17, 15) is 38.4 Å². The lowest BCUT2D eigenvalue weighted by atomic mass is 9.85. The van der Waals surface area contributed by atoms with Gasteiger partial charge in [0.1, 0.15) is 24.2 Å². The zero-order valence-electron chi connectivity index (χ0n) is 53.6. The number of likely N-dealkylation sites (tertiary alicyclic amines) is 2. The van der Waals surface area contributed by atoms with E-state index in [2.05, 4.69) is 75.3 Å². The number of benzene rings is 3. The lowest BCUT2D eigenvalue weighted by Crippen LogP contribution is -2.59. The summed E-state index contributed by atoms with van der Waals surface area (Å²) in [5.74, 6) is -2.62. The monoisotopic (exact) mass is 1230 g/mol. The van der Waals surface area contributed by atoms with Crippen LogP contribution in [0.15, 0.2) is 85.2 Å². The Morgan fingerprint density at radius 1 is 0.544 bits per heavy atom. The normalized spacial score (nSPS) is 21.2. The van der Waals surface area contributed by atoms with Crippen molar-refractivity contribution >= 4 is 47.3 Å². The van der Waals surface area contributed by atoms with Gasteiger partial charge in [0.05, 0.1) is 47.6 Å². The maximum Gasteiger partial charge on any atom is 0.251 e. The molecule has 24 nitrogen and oxygen atoms in total. The number of aromatic nitrogens is 6. The Kier molecular flexibility index (Phi) is 21.0. The van der Waals surface area contributed by atoms with Crippen molar-refractivity contribution in [3.63, 3.8) is 0 Å². The lowest BCUT2D eigenvalue weighted by molar-refractivity contribution is -0.144. The van der Waals surface area contributed by atoms with E-state index in [1.807, 2.05) is 77.9 Å². The molecule has 4 aliphatic rings. The van der Waals surface area contributed by atoms with Gasteiger partial charge in [0.15, 0.2) is 0 Å². The molecule has 2 aromatic heterocycles. The van der Waals surface area contributed by atoms with Crippen molar-refractivity contribution in [3.8, 4) is 0 Å². The van der Waals surface area contributed by atoms with Crippen molar-refractivity contribution in [3.05, 3.63) is 130 Å². The third kappa shape index (κ3) is 15.6. The zero-order chi connectivity index (χ0) is 64.6. The van der Waals surface area contributed by atoms with Crippen LogP contribution in [0.5, 0.6) is 0 Å². The number of carbonyl (C=O) groups excluding carboxylic acids is 8. The number of aryl methyl sites for hydroxylation is 2. The van der Waals surface area contributed by atoms with Crippen molar-refractivity contribution in [2.75, 3.05) is 40.3 Å². The van der Waals surface area contributed by atoms with Gasteiger partial charge >= 0.3 is 0 Å². The molecule has 8 N–H and O–H groups in total. The summed E-state index contributed by atoms with van der Waals surface area (Å²) in [7, 11) is 3.35. The highest BCUT2D eigenvalue weighted by molar-refractivity contribution is 5.98. The van der Waals surface area contributed by atoms with Crippen LogP contribution in [0.3, 0.4) is 0 Å². The fourth-order valence-electron chi connectivity index (χ4n) is 12.6. The number of hydrogen-bond donors (Lipinski definition) is 8. The number of amides is 8. The minimum Gasteiger partial charge on any atom is -0.352 e. The molecule has 2 aliphatic heterocycles. The van der Waals surface area contributed by atoms with E-state index in [0.29, 0.717) is 35.4 Å². The molecule has 0 spiro atoms. The first-order valence-corrected chi connectivity index (χ1v) is 31.7. The largest absolute Gasteiger partial charge is 0.352 e. The Labute approximate surface area is 526 Å². The van der Waals surface area contributed by atoms with Crippen molar-refractivity contribution in [1.29, 1.82) is 0 Å². The maximum absolute atomic E-state index is 14.7. The fourth-order valence-corrected chi connectivity index (χ4v) is 12.6. The zero-order valence-corrected chi connectivity index (χ0v) is 53.6. The molecular formula is C66H90N16O8. The number of nitrogens with one attached hydrogen (secondary N) is 8. The van der Waals surface area contributed by atoms with E-state index in [1.54, 1.807) is 83.8 Å². The Hall–Kier alpha value is -8.38. The van der Waals surface area contributed by atoms with Crippen molar-refractivity contribution < 1.29 is 38.4 Å². The average Bonchev–Trinajstić information content (AvgIpc) is 1.67. The summed E-state index contributed by atoms with van der Waals surface area (Å²) in [6.45, 7) is 15.5. The van der Waals surface area contributed by atoms with Gasteiger partial charge in [0.25, 0.3) is 11.8 Å². The molecule has 4 heterocycles. The Bertz CT molecular complexity index is 3180. The van der Waals surface area contributed by atoms with E-state index < -0.39 is 59.2 Å². The molecule has 9 rings (SSSR count). The fraction of sp³-hybridized carbons (Fsp3) is 0.545. The van der Waals surface area contributed by atoms with Gasteiger partial charge in [-0.2, -0.15) is 0 Å². The minimum atomic E-state index is -0.923. The number of fused-ring (bicyclic) bond motifs is 2. The summed E-state index contributed by atoms with van der Waals surface area (Å²) in [6, 6.07) is 16.7. The second-order valence-corrected chi connectivity index (χ2v) is 26.7. The molecule has 5 aromatic rings. The SMILES string of the molecule is CN[C@@H](C)C(=O)N[C@H](C(=O)N1C[C@@H](n2cc(CCNC(=O)c3ccc(C(=O)NCCc4cn([C@H]5C[C@@H](C(=O)N[C@@H]6CCCc7ccccc76)N(C(=O)[C@@H](NC(=O)[C@H](C)NC)C(C)(C)C)C5)nn4)cc3)nn2)C[C@H]1C(=O)N[C@@H]1CCCc2ccccc21)C(C)(C)C. The number of carbonyl (C=O) groups is 8. The Morgan fingerprint density at radius 2 is 0.922 bits per heavy atom. The molecule has 482 valence electrons. The Balaban J connectivity index is 0.778. The van der Waals surface area contributed by atoms with E-state index >= 15 is 0 Å². The number of hydrogen-bond acceptors (Lipinski definition) is 14. The van der Waals surface area contributed by atoms with Gasteiger partial charge < -0.3 is 52.3 Å². The van der Waals surface area contributed by atoms with Crippen molar-refractivity contribution in [2.24, 2.45) is 10.8 Å². The van der Waals surface area contributed by atoms with Crippen molar-refractivity contribution in [2.45, 2.75) is 180 Å². The highest BCUT2D eigenvalue weighted by Crippen LogP contribution is 2.36. The second kappa shape index (κ2) is 28.6. The highest BCUT2D eigenvalue weighted by atomic mass is 16.2. The van der Waals surface area contributed by atoms with Gasteiger partial charge in [-0.05, 0) is 124 Å². The van der Waals surface area contributed by atoms with Gasteiger partial charge in [0, 0.05) is 75.4 Å². The van der Waals surface area contributed by atoms with Crippen LogP contribution in [0.4, 0.5) is 0 Å². The summed E-state index contributed by atoms with van der Waals surface area (Å²) < 4.78 is 3.35. The summed E-state index contributed by atoms with van der Waals surface area (Å²) in [5, 5.41) is 41.8. The molecule has 0 bridgehead atoms. The Morgan fingerprint density at radius 3 is 1.29 bits per heavy atom. The van der Waals surface area contributed by atoms with E-state index in [1.165, 1.54) is 11.1 Å². The predicted octanol–water partition coefficient (Wildman–Crippen LogP) is 3.76. The minimum absolute atomic E-state index is 0.158. The lowest BCUT2D eigenvalue weighted by Gasteiger charge is -2.36. The highest BCUT2D eigenvalue weighted by Gasteiger charge is 2.48. The topological polar surface area (TPSA) is 301 Å². The molecule has 3 aromatic carbocycles. The van der Waals surface area contributed by atoms with Crippen LogP contribution in [-0.2, 0) is 54.5 Å². The third-order valence-corrected chi connectivity index (χ3v) is 18.2. The van der Waals surface area contributed by atoms with Crippen LogP contribution in [0.1, 0.15) is 172 Å². The molecule has 2 fully saturated rings. The van der Waals surface area contributed by atoms with Gasteiger partial charge in [-0.1, -0.05) is 101 Å². The van der Waals surface area contributed by atoms with Crippen LogP contribution >= 0.6 is 0 Å². The smallest absolute Gasteiger partial charge is 0.251 e. The van der Waals surface area contributed by atoms with Crippen LogP contribution in [0, 0.1) is 10.8 Å². The molecule has 0 radical (unpaired) electrons. The third-order valence-electron chi connectivity index (χ3n) is 18.2. The van der Waals surface area contributed by atoms with Crippen LogP contribution in [0.2, 0.25) is 0 Å². The maximum atomic E-state index is 14.7. The molecule has 2 aliphatic carbocycles. The number of nitrogens with zero attached hydrogens (tertiary/aromatic N) is 8. The predicted molar refractivity (Wildman–Crippen MR) is 337 cm³/mol. The quantitative estimate of drug-likeness (QED) is 0.0490. The van der Waals surface area contributed by atoms with Gasteiger partial charge in [-0.3, -0.25) is 38.4 Å². The van der Waals surface area contributed by atoms with Crippen LogP contribution < -0.4 is 42.5 Å². The average molecular weight is 1240 g/mol. The first-order chi connectivity index (χ1) is 42.9. The molecule has 0 saturated carbocycles. The number of rotatable bonds is 22. The summed E-state index contributed by atoms with van der Waals surface area (Å²) in [6.07, 6.45) is 10.0. The van der Waals surface area contributed by atoms with Crippen LogP contribution in [-0.4, -0.2) is 164 Å². The molecular weight excluding hydrogens is 1140 g/mol. The summed E-state index contributed by atoms with van der Waals surface area (Å²) in [4.78, 5) is 114. The first kappa shape index (κ1) is 66.0. The van der Waals surface area contributed by atoms with Gasteiger partial charge in [-0.15, -0.1) is 10.2 Å². The standard InChI is InChI=1S/C66H90N16O8/c1-39(67-9)57(83)73-55(65(3,4)5)63(89)79-37-47(33-53(79)61(87)71-51-23-15-19-41-17-11-13-21-49(41)51)81-35-45(75-77-81)29-31-69-59(85)43-25-27-44(28-26-43)60(86)70-32-30-46-36-82(78-76-46)48-34-54(62(88)72-52-24-16-20-42-18-12-14-22-50(42)52)80(38-48)64(90)56(66(6,7)8)74-58(84)40(2)68-10/h11-14,17-18,21-22,25-28,35-36,39-40,47-48,51-56,67-68H,15-16,19-20,23-24,29-34,37-38H2,1-10H3,(H,69,85)(H,70,86)(H,71,87)(H,72,88)(H,73,83)(H,74,84)/t39-,40-,47-,48-,51+,52+,53-,54-,55+,56+/m0/s1. The second-order valence-electron chi connectivity index (χ2n) is 26.7. The molecule has 24 heteroatoms. The molecule has 2 saturated heterocycles. The summed E-state index contributed by atoms with van der Waals surface area (Å²) >= 11 is 0. The van der Waals surface area contributed by atoms with Gasteiger partial charge in [0.2, 0.25) is 35.4 Å². The van der Waals surface area contributed by atoms with E-state index in [-0.39, 0.29) is 98.4 Å². The van der Waals surface area contributed by atoms with Crippen molar-refractivity contribution in [1.82, 2.24) is 82.3 Å². The van der Waals surface area contributed by atoms with E-state index in [0.717, 1.165) is 49.7 Å². The van der Waals surface area contributed by atoms with Gasteiger partial charge in [-0.25, -0.2) is 9.36 Å². The number of likely N-dealkylation sites (N-methyl/N-ethyl adjacent to an activating group) is 2. The van der Waals surface area contributed by atoms with Crippen LogP contribution in [0.25, 0.3) is 0 Å². The van der Waals surface area contributed by atoms with E-state index in [4.69, 9.17) is 0 Å². The molecule has 10 atom stereocenters. The molecule has 8 amide bonds. The first-order valence-electron chi connectivity index (χ1n) is 31.7. The molecule has 90 heavy (non-hydrogen) atoms.